The van der Waals surface area contributed by atoms with Gasteiger partial charge in [0.2, 0.25) is 0 Å². The highest BCUT2D eigenvalue weighted by Crippen LogP contribution is 2.43. The number of carbonyl (C=O) groups excluding carboxylic acids is 1. The molecular formula is C19H25F3N2O3. The topological polar surface area (TPSA) is 62.1 Å². The van der Waals surface area contributed by atoms with Crippen LogP contribution in [0, 0.1) is 26.2 Å². The molecule has 0 aliphatic carbocycles. The van der Waals surface area contributed by atoms with Crippen molar-refractivity contribution in [2.75, 3.05) is 6.61 Å². The number of nitrogens with zero attached hydrogens (tertiary/aromatic N) is 2. The van der Waals surface area contributed by atoms with E-state index in [1.54, 1.807) is 20.8 Å². The van der Waals surface area contributed by atoms with E-state index in [1.165, 1.54) is 0 Å². The van der Waals surface area contributed by atoms with Crippen molar-refractivity contribution in [1.82, 2.24) is 5.01 Å². The van der Waals surface area contributed by atoms with Gasteiger partial charge in [0.05, 0.1) is 0 Å². The van der Waals surface area contributed by atoms with E-state index in [4.69, 9.17) is 4.74 Å². The molecule has 0 saturated carbocycles. The van der Waals surface area contributed by atoms with Crippen LogP contribution in [0.5, 0.6) is 5.75 Å². The van der Waals surface area contributed by atoms with Crippen LogP contribution >= 0.6 is 0 Å². The first-order valence-corrected chi connectivity index (χ1v) is 8.57. The van der Waals surface area contributed by atoms with Gasteiger partial charge in [-0.2, -0.15) is 23.3 Å². The molecule has 1 heterocycles. The van der Waals surface area contributed by atoms with Crippen molar-refractivity contribution >= 4 is 11.6 Å². The van der Waals surface area contributed by atoms with E-state index in [0.717, 1.165) is 16.7 Å². The lowest BCUT2D eigenvalue weighted by Gasteiger charge is -2.41. The third-order valence-electron chi connectivity index (χ3n) is 4.69. The number of hydrogen-bond donors (Lipinski definition) is 1. The fourth-order valence-corrected chi connectivity index (χ4v) is 3.14. The first-order chi connectivity index (χ1) is 12.2. The Morgan fingerprint density at radius 3 is 2.19 bits per heavy atom. The Hall–Kier alpha value is -2.09. The number of hydrazone groups is 1. The zero-order valence-electron chi connectivity index (χ0n) is 16.4. The summed E-state index contributed by atoms with van der Waals surface area (Å²) in [5.41, 5.74) is -1.66. The first kappa shape index (κ1) is 21.2. The second kappa shape index (κ2) is 6.82. The van der Waals surface area contributed by atoms with Crippen molar-refractivity contribution in [1.29, 1.82) is 0 Å². The van der Waals surface area contributed by atoms with Crippen molar-refractivity contribution in [3.8, 4) is 5.75 Å². The Balaban J connectivity index is 2.28. The molecule has 1 aromatic rings. The lowest BCUT2D eigenvalue weighted by Crippen LogP contribution is -2.56. The first-order valence-electron chi connectivity index (χ1n) is 8.57. The van der Waals surface area contributed by atoms with Crippen molar-refractivity contribution in [3.63, 3.8) is 0 Å². The number of alkyl halides is 3. The number of aliphatic hydroxyl groups is 1. The van der Waals surface area contributed by atoms with Gasteiger partial charge in [-0.1, -0.05) is 38.5 Å². The van der Waals surface area contributed by atoms with Gasteiger partial charge in [-0.25, -0.2) is 0 Å². The van der Waals surface area contributed by atoms with Crippen molar-refractivity contribution in [3.05, 3.63) is 28.8 Å². The molecule has 0 saturated heterocycles. The summed E-state index contributed by atoms with van der Waals surface area (Å²) < 4.78 is 44.9. The smallest absolute Gasteiger partial charge is 0.431 e. The summed E-state index contributed by atoms with van der Waals surface area (Å²) in [6.07, 6.45) is -5.51. The molecule has 0 spiro atoms. The van der Waals surface area contributed by atoms with Crippen LogP contribution in [0.15, 0.2) is 17.2 Å². The van der Waals surface area contributed by atoms with Gasteiger partial charge in [0, 0.05) is 11.8 Å². The molecule has 1 amide bonds. The molecule has 5 nitrogen and oxygen atoms in total. The van der Waals surface area contributed by atoms with Crippen LogP contribution in [0.3, 0.4) is 0 Å². The van der Waals surface area contributed by atoms with E-state index in [0.29, 0.717) is 10.8 Å². The zero-order valence-corrected chi connectivity index (χ0v) is 16.4. The summed E-state index contributed by atoms with van der Waals surface area (Å²) >= 11 is 0. The van der Waals surface area contributed by atoms with Gasteiger partial charge >= 0.3 is 6.18 Å². The van der Waals surface area contributed by atoms with Crippen molar-refractivity contribution in [2.45, 2.75) is 59.9 Å². The maximum Gasteiger partial charge on any atom is 0.431 e. The quantitative estimate of drug-likeness (QED) is 0.858. The van der Waals surface area contributed by atoms with Crippen LogP contribution in [0.2, 0.25) is 0 Å². The van der Waals surface area contributed by atoms with E-state index in [9.17, 15) is 23.1 Å². The van der Waals surface area contributed by atoms with Gasteiger partial charge in [-0.3, -0.25) is 4.79 Å². The molecule has 0 aromatic heterocycles. The van der Waals surface area contributed by atoms with Crippen LogP contribution in [0.1, 0.15) is 43.9 Å². The highest BCUT2D eigenvalue weighted by atomic mass is 19.4. The van der Waals surface area contributed by atoms with Crippen LogP contribution in [0.4, 0.5) is 13.2 Å². The van der Waals surface area contributed by atoms with E-state index in [1.807, 2.05) is 32.9 Å². The van der Waals surface area contributed by atoms with Crippen LogP contribution in [-0.2, 0) is 4.79 Å². The summed E-state index contributed by atoms with van der Waals surface area (Å²) in [6.45, 7) is 9.70. The van der Waals surface area contributed by atoms with E-state index in [-0.39, 0.29) is 0 Å². The molecule has 0 fully saturated rings. The van der Waals surface area contributed by atoms with Gasteiger partial charge in [0.25, 0.3) is 5.91 Å². The molecule has 1 aromatic carbocycles. The number of carbonyl (C=O) groups is 1. The van der Waals surface area contributed by atoms with Crippen molar-refractivity contribution < 1.29 is 27.8 Å². The second-order valence-corrected chi connectivity index (χ2v) is 8.01. The normalized spacial score (nSPS) is 20.7. The molecule has 8 heteroatoms. The maximum atomic E-state index is 13.1. The highest BCUT2D eigenvalue weighted by molar-refractivity contribution is 5.94. The minimum atomic E-state index is -4.72. The molecule has 0 radical (unpaired) electrons. The molecule has 1 aliphatic heterocycles. The average Bonchev–Trinajstić information content (AvgIpc) is 2.85. The SMILES string of the molecule is Cc1cc(C)c(OCC(=O)N2N=C(C(F)(F)F)C[C@]2(O)C(C)(C)C)c(C)c1. The van der Waals surface area contributed by atoms with Gasteiger partial charge in [-0.15, -0.1) is 0 Å². The minimum Gasteiger partial charge on any atom is -0.483 e. The number of hydrogen-bond acceptors (Lipinski definition) is 4. The van der Waals surface area contributed by atoms with E-state index in [2.05, 4.69) is 5.10 Å². The molecule has 27 heavy (non-hydrogen) atoms. The second-order valence-electron chi connectivity index (χ2n) is 8.01. The minimum absolute atomic E-state index is 0.493. The van der Waals surface area contributed by atoms with Crippen molar-refractivity contribution in [2.24, 2.45) is 10.5 Å². The monoisotopic (exact) mass is 386 g/mol. The van der Waals surface area contributed by atoms with Crippen LogP contribution in [0.25, 0.3) is 0 Å². The number of ether oxygens (including phenoxy) is 1. The number of rotatable bonds is 3. The standard InChI is InChI=1S/C19H25F3N2O3/c1-11-7-12(2)16(13(3)8-11)27-10-15(25)24-18(26,17(4,5)6)9-14(23-24)19(20,21)22/h7-8,26H,9-10H2,1-6H3/t18-/m0/s1. The average molecular weight is 386 g/mol. The van der Waals surface area contributed by atoms with E-state index >= 15 is 0 Å². The zero-order chi connectivity index (χ0) is 20.8. The van der Waals surface area contributed by atoms with Gasteiger partial charge in [0.15, 0.2) is 12.3 Å². The fraction of sp³-hybridized carbons (Fsp3) is 0.579. The Morgan fingerprint density at radius 2 is 1.74 bits per heavy atom. The molecule has 2 rings (SSSR count). The summed E-state index contributed by atoms with van der Waals surface area (Å²) in [6, 6.07) is 3.77. The largest absolute Gasteiger partial charge is 0.483 e. The highest BCUT2D eigenvalue weighted by Gasteiger charge is 2.57. The summed E-state index contributed by atoms with van der Waals surface area (Å²) in [5.74, 6) is -0.349. The molecule has 1 atom stereocenters. The van der Waals surface area contributed by atoms with Crippen LogP contribution in [-0.4, -0.2) is 40.2 Å². The number of halogens is 3. The van der Waals surface area contributed by atoms with Crippen LogP contribution < -0.4 is 4.74 Å². The summed E-state index contributed by atoms with van der Waals surface area (Å²) in [4.78, 5) is 12.6. The van der Waals surface area contributed by atoms with Gasteiger partial charge in [-0.05, 0) is 31.9 Å². The third-order valence-corrected chi connectivity index (χ3v) is 4.69. The molecular weight excluding hydrogens is 361 g/mol. The van der Waals surface area contributed by atoms with E-state index < -0.39 is 42.0 Å². The molecule has 0 unspecified atom stereocenters. The number of aryl methyl sites for hydroxylation is 3. The lowest BCUT2D eigenvalue weighted by atomic mass is 9.80. The lowest BCUT2D eigenvalue weighted by molar-refractivity contribution is -0.183. The van der Waals surface area contributed by atoms with Gasteiger partial charge < -0.3 is 9.84 Å². The Morgan fingerprint density at radius 1 is 1.22 bits per heavy atom. The Bertz CT molecular complexity index is 758. The number of benzene rings is 1. The third kappa shape index (κ3) is 4.10. The molecule has 150 valence electrons. The number of amides is 1. The summed E-state index contributed by atoms with van der Waals surface area (Å²) in [7, 11) is 0. The Kier molecular flexibility index (Phi) is 5.35. The summed E-state index contributed by atoms with van der Waals surface area (Å²) in [5, 5.41) is 14.8. The maximum absolute atomic E-state index is 13.1. The predicted octanol–water partition coefficient (Wildman–Crippen LogP) is 3.88. The predicted molar refractivity (Wildman–Crippen MR) is 95.5 cm³/mol. The molecule has 1 aliphatic rings. The van der Waals surface area contributed by atoms with Gasteiger partial charge in [0.1, 0.15) is 11.5 Å². The Labute approximate surface area is 156 Å². The fourth-order valence-electron chi connectivity index (χ4n) is 3.14. The molecule has 0 bridgehead atoms. The molecule has 1 N–H and O–H groups in total.